The number of anilines is 2. The Morgan fingerprint density at radius 1 is 1.39 bits per heavy atom. The van der Waals surface area contributed by atoms with Crippen LogP contribution < -0.4 is 10.6 Å². The molecule has 0 bridgehead atoms. The first-order chi connectivity index (χ1) is 15.0. The number of allylic oxidation sites excluding steroid dienone is 1. The predicted octanol–water partition coefficient (Wildman–Crippen LogP) is 2.53. The zero-order valence-electron chi connectivity index (χ0n) is 18.4. The van der Waals surface area contributed by atoms with Crippen molar-refractivity contribution >= 4 is 32.7 Å². The van der Waals surface area contributed by atoms with E-state index < -0.39 is 10.1 Å². The quantitative estimate of drug-likeness (QED) is 0.465. The van der Waals surface area contributed by atoms with Crippen LogP contribution in [0.15, 0.2) is 41.5 Å². The summed E-state index contributed by atoms with van der Waals surface area (Å²) in [5, 5.41) is 8.03. The highest BCUT2D eigenvalue weighted by atomic mass is 32.3. The summed E-state index contributed by atoms with van der Waals surface area (Å²) in [6.45, 7) is 5.65. The lowest BCUT2D eigenvalue weighted by Gasteiger charge is -2.38. The molecule has 2 atom stereocenters. The Balaban J connectivity index is 1.54. The molecule has 3 heterocycles. The van der Waals surface area contributed by atoms with Gasteiger partial charge in [-0.05, 0) is 34.8 Å². The Bertz CT molecular complexity index is 1010. The largest absolute Gasteiger partial charge is 0.384 e. The van der Waals surface area contributed by atoms with Crippen LogP contribution in [-0.4, -0.2) is 76.8 Å². The second kappa shape index (κ2) is 9.52. The lowest BCUT2D eigenvalue weighted by Crippen LogP contribution is -2.45. The van der Waals surface area contributed by atoms with Gasteiger partial charge in [-0.2, -0.15) is 0 Å². The molecule has 0 radical (unpaired) electrons. The van der Waals surface area contributed by atoms with Crippen molar-refractivity contribution in [1.82, 2.24) is 14.3 Å². The van der Waals surface area contributed by atoms with E-state index in [9.17, 15) is 4.21 Å². The Morgan fingerprint density at radius 3 is 2.94 bits per heavy atom. The van der Waals surface area contributed by atoms with Crippen LogP contribution in [0.4, 0.5) is 11.5 Å². The molecule has 3 N–H and O–H groups in total. The molecule has 2 aliphatic rings. The van der Waals surface area contributed by atoms with Gasteiger partial charge in [0.2, 0.25) is 0 Å². The Morgan fingerprint density at radius 2 is 2.19 bits per heavy atom. The summed E-state index contributed by atoms with van der Waals surface area (Å²) in [6, 6.07) is 3.95. The standard InChI is InChI=1S/C22H33N5O3S/c1-4-8-23-19-15-21(26-22-17(19)7-9-24-22)25-18-6-5-16(14-20(18)29-2)31(3,28)27-10-12-30-13-11-27/h5-7,9,14-15,18,20,31H,4,8,10-13H2,1-3H3,(H3,23,24,25,26). The van der Waals surface area contributed by atoms with Gasteiger partial charge in [-0.15, -0.1) is 0 Å². The number of H-pyrrole nitrogens is 1. The summed E-state index contributed by atoms with van der Waals surface area (Å²) >= 11 is 0. The molecule has 8 nitrogen and oxygen atoms in total. The van der Waals surface area contributed by atoms with E-state index in [1.54, 1.807) is 7.11 Å². The predicted molar refractivity (Wildman–Crippen MR) is 128 cm³/mol. The molecule has 31 heavy (non-hydrogen) atoms. The van der Waals surface area contributed by atoms with E-state index in [1.807, 2.05) is 47.1 Å². The summed E-state index contributed by atoms with van der Waals surface area (Å²) in [5.74, 6) is 0.759. The van der Waals surface area contributed by atoms with Crippen LogP contribution in [0, 0.1) is 0 Å². The number of pyridine rings is 1. The number of thiol groups is 1. The minimum Gasteiger partial charge on any atom is -0.384 e. The number of aromatic amines is 1. The molecule has 1 aliphatic carbocycles. The average Bonchev–Trinajstić information content (AvgIpc) is 3.27. The van der Waals surface area contributed by atoms with Crippen molar-refractivity contribution in [1.29, 1.82) is 0 Å². The van der Waals surface area contributed by atoms with Gasteiger partial charge in [0.15, 0.2) is 0 Å². The first-order valence-electron chi connectivity index (χ1n) is 10.9. The molecule has 1 fully saturated rings. The molecule has 2 aromatic rings. The van der Waals surface area contributed by atoms with Crippen molar-refractivity contribution in [3.63, 3.8) is 0 Å². The maximum absolute atomic E-state index is 13.6. The van der Waals surface area contributed by atoms with Gasteiger partial charge < -0.3 is 25.1 Å². The molecular formula is C22H33N5O3S. The van der Waals surface area contributed by atoms with Crippen molar-refractivity contribution in [2.45, 2.75) is 25.5 Å². The number of methoxy groups -OCH3 is 1. The fraction of sp³-hybridized carbons (Fsp3) is 0.500. The van der Waals surface area contributed by atoms with Gasteiger partial charge >= 0.3 is 0 Å². The summed E-state index contributed by atoms with van der Waals surface area (Å²) < 4.78 is 26.8. The highest BCUT2D eigenvalue weighted by molar-refractivity contribution is 8.04. The molecule has 0 amide bonds. The second-order valence-corrected chi connectivity index (χ2v) is 10.8. The molecule has 0 saturated carbocycles. The van der Waals surface area contributed by atoms with E-state index in [1.165, 1.54) is 0 Å². The third-order valence-corrected chi connectivity index (χ3v) is 8.59. The number of ether oxygens (including phenoxy) is 2. The number of hydrogen-bond donors (Lipinski definition) is 4. The molecule has 1 aliphatic heterocycles. The van der Waals surface area contributed by atoms with Crippen LogP contribution in [0.2, 0.25) is 0 Å². The zero-order chi connectivity index (χ0) is 21.8. The molecule has 0 aromatic carbocycles. The molecule has 1 saturated heterocycles. The number of hydrogen-bond acceptors (Lipinski definition) is 6. The van der Waals surface area contributed by atoms with Crippen molar-refractivity contribution in [3.8, 4) is 0 Å². The van der Waals surface area contributed by atoms with Gasteiger partial charge in [-0.3, -0.25) is 4.21 Å². The van der Waals surface area contributed by atoms with Gasteiger partial charge in [0.25, 0.3) is 0 Å². The number of morpholine rings is 1. The van der Waals surface area contributed by atoms with Crippen LogP contribution in [-0.2, 0) is 19.6 Å². The minimum absolute atomic E-state index is 0.114. The number of rotatable bonds is 8. The van der Waals surface area contributed by atoms with Crippen LogP contribution in [0.5, 0.6) is 0 Å². The summed E-state index contributed by atoms with van der Waals surface area (Å²) in [4.78, 5) is 8.74. The third-order valence-electron chi connectivity index (χ3n) is 5.85. The molecule has 2 aromatic heterocycles. The van der Waals surface area contributed by atoms with Crippen molar-refractivity contribution < 1.29 is 13.7 Å². The van der Waals surface area contributed by atoms with Crippen LogP contribution in [0.25, 0.3) is 11.0 Å². The first kappa shape index (κ1) is 22.0. The normalized spacial score (nSPS) is 23.0. The molecule has 4 rings (SSSR count). The molecule has 9 heteroatoms. The number of nitrogens with one attached hydrogen (secondary N) is 3. The van der Waals surface area contributed by atoms with Crippen LogP contribution >= 0.6 is 0 Å². The fourth-order valence-electron chi connectivity index (χ4n) is 4.05. The van der Waals surface area contributed by atoms with E-state index in [4.69, 9.17) is 14.5 Å². The number of fused-ring (bicyclic) bond motifs is 1. The van der Waals surface area contributed by atoms with Gasteiger partial charge in [0.05, 0.1) is 19.3 Å². The Kier molecular flexibility index (Phi) is 6.76. The third kappa shape index (κ3) is 4.69. The lowest BCUT2D eigenvalue weighted by molar-refractivity contribution is 0.0744. The number of nitrogens with zero attached hydrogens (tertiary/aromatic N) is 2. The Hall–Kier alpha value is -2.20. The number of aromatic nitrogens is 2. The van der Waals surface area contributed by atoms with Crippen LogP contribution in [0.1, 0.15) is 13.3 Å². The van der Waals surface area contributed by atoms with Crippen molar-refractivity contribution in [2.75, 3.05) is 56.8 Å². The summed E-state index contributed by atoms with van der Waals surface area (Å²) in [5.41, 5.74) is 1.88. The molecule has 0 spiro atoms. The minimum atomic E-state index is -2.66. The smallest absolute Gasteiger partial charge is 0.141 e. The van der Waals surface area contributed by atoms with Crippen molar-refractivity contribution in [2.24, 2.45) is 0 Å². The molecule has 2 unspecified atom stereocenters. The average molecular weight is 448 g/mol. The summed E-state index contributed by atoms with van der Waals surface area (Å²) in [6.07, 6.45) is 10.5. The van der Waals surface area contributed by atoms with E-state index >= 15 is 0 Å². The maximum Gasteiger partial charge on any atom is 0.141 e. The fourth-order valence-corrected chi connectivity index (χ4v) is 6.09. The first-order valence-corrected chi connectivity index (χ1v) is 13.0. The monoisotopic (exact) mass is 447 g/mol. The van der Waals surface area contributed by atoms with E-state index in [0.29, 0.717) is 26.3 Å². The topological polar surface area (TPSA) is 91.5 Å². The maximum atomic E-state index is 13.6. The van der Waals surface area contributed by atoms with Gasteiger partial charge in [-0.25, -0.2) is 9.29 Å². The van der Waals surface area contributed by atoms with Crippen LogP contribution in [0.3, 0.4) is 0 Å². The molecule has 170 valence electrons. The molecular weight excluding hydrogens is 414 g/mol. The van der Waals surface area contributed by atoms with Crippen molar-refractivity contribution in [3.05, 3.63) is 41.5 Å². The van der Waals surface area contributed by atoms with E-state index in [-0.39, 0.29) is 12.1 Å². The van der Waals surface area contributed by atoms with Gasteiger partial charge in [0.1, 0.15) is 17.6 Å². The Labute approximate surface area is 184 Å². The second-order valence-electron chi connectivity index (χ2n) is 7.99. The SMILES string of the molecule is CCCNc1cc(NC2C=CC([SH](C)(=O)N3CCOCC3)=CC2OC)nc2[nH]ccc12. The van der Waals surface area contributed by atoms with E-state index in [0.717, 1.165) is 40.4 Å². The lowest BCUT2D eigenvalue weighted by atomic mass is 10.1. The highest BCUT2D eigenvalue weighted by Gasteiger charge is 2.29. The highest BCUT2D eigenvalue weighted by Crippen LogP contribution is 2.29. The summed E-state index contributed by atoms with van der Waals surface area (Å²) in [7, 11) is -0.980. The van der Waals surface area contributed by atoms with Gasteiger partial charge in [0, 0.05) is 61.2 Å². The van der Waals surface area contributed by atoms with Gasteiger partial charge in [-0.1, -0.05) is 13.0 Å². The van der Waals surface area contributed by atoms with E-state index in [2.05, 4.69) is 22.5 Å². The zero-order valence-corrected chi connectivity index (χ0v) is 19.3.